The lowest BCUT2D eigenvalue weighted by Crippen LogP contribution is -2.40. The van der Waals surface area contributed by atoms with Crippen LogP contribution in [0.5, 0.6) is 0 Å². The molecule has 26 heavy (non-hydrogen) atoms. The molecule has 1 amide bonds. The maximum atomic E-state index is 14.2. The van der Waals surface area contributed by atoms with E-state index in [1.165, 1.54) is 0 Å². The standard InChI is InChI=1S/C21H20F2N2O/c22-18-8-3-9-19(23)20(18)15-7-2-1-6-14(15)16-11-17(16)21(26)25-10-4-5-13(25)12-24/h1-2,6-8,13,16-17H,4-5,10-12,24H2. The minimum absolute atomic E-state index is 0.0132. The van der Waals surface area contributed by atoms with E-state index in [1.807, 2.05) is 17.0 Å². The maximum absolute atomic E-state index is 14.2. The summed E-state index contributed by atoms with van der Waals surface area (Å²) in [6.07, 6.45) is 3.72. The van der Waals surface area contributed by atoms with Gasteiger partial charge < -0.3 is 10.6 Å². The number of hydrogen-bond acceptors (Lipinski definition) is 2. The van der Waals surface area contributed by atoms with E-state index in [1.54, 1.807) is 12.1 Å². The van der Waals surface area contributed by atoms with Crippen molar-refractivity contribution in [3.8, 4) is 0 Å². The normalized spacial score (nSPS) is 27.1. The van der Waals surface area contributed by atoms with Gasteiger partial charge in [0.25, 0.3) is 0 Å². The number of benzene rings is 1. The fourth-order valence-corrected chi connectivity index (χ4v) is 4.09. The van der Waals surface area contributed by atoms with Crippen LogP contribution in [0, 0.1) is 5.92 Å². The van der Waals surface area contributed by atoms with Crippen molar-refractivity contribution in [1.29, 1.82) is 0 Å². The predicted octanol–water partition coefficient (Wildman–Crippen LogP) is 3.60. The third kappa shape index (κ3) is 2.85. The lowest BCUT2D eigenvalue weighted by atomic mass is 9.93. The zero-order valence-electron chi connectivity index (χ0n) is 14.3. The largest absolute Gasteiger partial charge is 0.338 e. The first-order valence-corrected chi connectivity index (χ1v) is 8.99. The first-order chi connectivity index (χ1) is 12.6. The van der Waals surface area contributed by atoms with Crippen molar-refractivity contribution >= 4 is 11.5 Å². The van der Waals surface area contributed by atoms with Gasteiger partial charge in [0.05, 0.1) is 5.57 Å². The van der Waals surface area contributed by atoms with Crippen LogP contribution < -0.4 is 5.73 Å². The summed E-state index contributed by atoms with van der Waals surface area (Å²) < 4.78 is 28.4. The number of nitrogens with two attached hydrogens (primary N) is 1. The molecular weight excluding hydrogens is 334 g/mol. The molecule has 2 N–H and O–H groups in total. The van der Waals surface area contributed by atoms with Crippen molar-refractivity contribution in [3.05, 3.63) is 64.6 Å². The lowest BCUT2D eigenvalue weighted by Gasteiger charge is -2.23. The second-order valence-corrected chi connectivity index (χ2v) is 7.05. The molecule has 3 unspecified atom stereocenters. The van der Waals surface area contributed by atoms with E-state index in [0.29, 0.717) is 18.5 Å². The van der Waals surface area contributed by atoms with Gasteiger partial charge >= 0.3 is 0 Å². The van der Waals surface area contributed by atoms with Gasteiger partial charge in [-0.05, 0) is 42.0 Å². The van der Waals surface area contributed by atoms with E-state index >= 15 is 0 Å². The van der Waals surface area contributed by atoms with Gasteiger partial charge in [0, 0.05) is 31.1 Å². The Kier molecular flexibility index (Phi) is 4.37. The number of rotatable bonds is 4. The highest BCUT2D eigenvalue weighted by Gasteiger charge is 2.48. The predicted molar refractivity (Wildman–Crippen MR) is 95.3 cm³/mol. The quantitative estimate of drug-likeness (QED) is 0.840. The molecule has 5 heteroatoms. The Morgan fingerprint density at radius 2 is 2.12 bits per heavy atom. The summed E-state index contributed by atoms with van der Waals surface area (Å²) in [5, 5.41) is 0. The Labute approximate surface area is 151 Å². The molecule has 0 bridgehead atoms. The highest BCUT2D eigenvalue weighted by Crippen LogP contribution is 2.51. The smallest absolute Gasteiger partial charge is 0.226 e. The third-order valence-electron chi connectivity index (χ3n) is 5.51. The van der Waals surface area contributed by atoms with Gasteiger partial charge in [-0.3, -0.25) is 4.79 Å². The molecule has 0 aromatic heterocycles. The van der Waals surface area contributed by atoms with Crippen LogP contribution in [0.1, 0.15) is 36.3 Å². The summed E-state index contributed by atoms with van der Waals surface area (Å²) in [7, 11) is 0. The first-order valence-electron chi connectivity index (χ1n) is 8.99. The fourth-order valence-electron chi connectivity index (χ4n) is 4.09. The van der Waals surface area contributed by atoms with Crippen LogP contribution in [0.3, 0.4) is 0 Å². The maximum Gasteiger partial charge on any atom is 0.226 e. The molecule has 1 saturated heterocycles. The Morgan fingerprint density at radius 3 is 2.88 bits per heavy atom. The van der Waals surface area contributed by atoms with Crippen molar-refractivity contribution in [2.45, 2.75) is 31.2 Å². The van der Waals surface area contributed by atoms with Gasteiger partial charge in [0.15, 0.2) is 5.83 Å². The Balaban J connectivity index is 1.61. The summed E-state index contributed by atoms with van der Waals surface area (Å²) in [5.74, 6) is -1.45. The number of amides is 1. The molecule has 0 spiro atoms. The van der Waals surface area contributed by atoms with E-state index in [9.17, 15) is 13.6 Å². The third-order valence-corrected chi connectivity index (χ3v) is 5.51. The van der Waals surface area contributed by atoms with Crippen molar-refractivity contribution in [2.24, 2.45) is 11.7 Å². The fraction of sp³-hybridized carbons (Fsp3) is 0.381. The van der Waals surface area contributed by atoms with Crippen LogP contribution in [-0.4, -0.2) is 29.9 Å². The van der Waals surface area contributed by atoms with Crippen LogP contribution in [0.2, 0.25) is 0 Å². The van der Waals surface area contributed by atoms with Gasteiger partial charge in [0.1, 0.15) is 5.83 Å². The number of carbonyl (C=O) groups excluding carboxylic acids is 1. The monoisotopic (exact) mass is 354 g/mol. The summed E-state index contributed by atoms with van der Waals surface area (Å²) in [6.45, 7) is 1.23. The van der Waals surface area contributed by atoms with Crippen LogP contribution >= 0.6 is 0 Å². The molecular formula is C21H20F2N2O. The molecule has 1 aromatic rings. The molecule has 134 valence electrons. The van der Waals surface area contributed by atoms with E-state index in [4.69, 9.17) is 5.73 Å². The molecule has 1 heterocycles. The number of likely N-dealkylation sites (tertiary alicyclic amines) is 1. The molecule has 0 radical (unpaired) electrons. The van der Waals surface area contributed by atoms with Gasteiger partial charge in [-0.2, -0.15) is 4.39 Å². The van der Waals surface area contributed by atoms with Crippen LogP contribution in [0.15, 0.2) is 53.5 Å². The number of allylic oxidation sites excluding steroid dienone is 4. The molecule has 1 aromatic carbocycles. The Bertz CT molecular complexity index is 891. The SMILES string of the molecule is NCC1CCCN1C(=O)C1CC1c1ccccc1C1=C(F)C=C=C=C1F. The van der Waals surface area contributed by atoms with E-state index in [-0.39, 0.29) is 29.4 Å². The van der Waals surface area contributed by atoms with Crippen LogP contribution in [0.25, 0.3) is 5.57 Å². The highest BCUT2D eigenvalue weighted by atomic mass is 19.1. The molecule has 3 atom stereocenters. The first kappa shape index (κ1) is 17.0. The lowest BCUT2D eigenvalue weighted by molar-refractivity contribution is -0.133. The summed E-state index contributed by atoms with van der Waals surface area (Å²) in [6, 6.07) is 7.26. The van der Waals surface area contributed by atoms with Crippen LogP contribution in [0.4, 0.5) is 8.78 Å². The number of carbonyl (C=O) groups is 1. The molecule has 4 rings (SSSR count). The average molecular weight is 354 g/mol. The molecule has 3 nitrogen and oxygen atoms in total. The summed E-state index contributed by atoms with van der Waals surface area (Å²) in [4.78, 5) is 14.7. The Hall–Kier alpha value is -2.45. The van der Waals surface area contributed by atoms with E-state index in [0.717, 1.165) is 31.0 Å². The average Bonchev–Trinajstić information content (AvgIpc) is 3.29. The molecule has 1 aliphatic heterocycles. The zero-order valence-corrected chi connectivity index (χ0v) is 14.3. The second kappa shape index (κ2) is 6.69. The van der Waals surface area contributed by atoms with Gasteiger partial charge in [-0.15, -0.1) is 0 Å². The second-order valence-electron chi connectivity index (χ2n) is 7.05. The highest BCUT2D eigenvalue weighted by molar-refractivity contribution is 5.86. The number of hydrogen-bond donors (Lipinski definition) is 1. The van der Waals surface area contributed by atoms with Crippen molar-refractivity contribution in [2.75, 3.05) is 13.1 Å². The van der Waals surface area contributed by atoms with Gasteiger partial charge in [0.2, 0.25) is 5.91 Å². The number of halogens is 2. The van der Waals surface area contributed by atoms with Crippen molar-refractivity contribution in [1.82, 2.24) is 4.90 Å². The van der Waals surface area contributed by atoms with Gasteiger partial charge in [-0.25, -0.2) is 4.39 Å². The number of nitrogens with zero attached hydrogens (tertiary/aromatic N) is 1. The van der Waals surface area contributed by atoms with Crippen LogP contribution in [-0.2, 0) is 4.79 Å². The minimum Gasteiger partial charge on any atom is -0.338 e. The minimum atomic E-state index is -0.760. The van der Waals surface area contributed by atoms with Crippen molar-refractivity contribution < 1.29 is 13.6 Å². The topological polar surface area (TPSA) is 46.3 Å². The Morgan fingerprint density at radius 1 is 1.31 bits per heavy atom. The summed E-state index contributed by atoms with van der Waals surface area (Å²) >= 11 is 0. The van der Waals surface area contributed by atoms with E-state index in [2.05, 4.69) is 11.5 Å². The zero-order chi connectivity index (χ0) is 18.3. The summed E-state index contributed by atoms with van der Waals surface area (Å²) in [5.41, 5.74) is 11.6. The van der Waals surface area contributed by atoms with E-state index < -0.39 is 11.7 Å². The van der Waals surface area contributed by atoms with Gasteiger partial charge in [-0.1, -0.05) is 30.0 Å². The molecule has 1 saturated carbocycles. The molecule has 3 aliphatic rings. The molecule has 2 fully saturated rings. The molecule has 2 aliphatic carbocycles. The van der Waals surface area contributed by atoms with Crippen molar-refractivity contribution in [3.63, 3.8) is 0 Å².